The van der Waals surface area contributed by atoms with Crippen molar-refractivity contribution in [2.75, 3.05) is 13.7 Å². The van der Waals surface area contributed by atoms with E-state index in [-0.39, 0.29) is 18.4 Å². The number of aryl methyl sites for hydroxylation is 1. The fourth-order valence-electron chi connectivity index (χ4n) is 4.19. The maximum atomic E-state index is 12.7. The molecule has 0 fully saturated rings. The van der Waals surface area contributed by atoms with E-state index in [0.29, 0.717) is 75.8 Å². The number of hydrogen-bond donors (Lipinski definition) is 3. The Balaban J connectivity index is 1.54. The molecule has 0 aliphatic carbocycles. The van der Waals surface area contributed by atoms with Crippen LogP contribution in [0.1, 0.15) is 55.6 Å². The van der Waals surface area contributed by atoms with Crippen LogP contribution in [-0.4, -0.2) is 46.7 Å². The predicted octanol–water partition coefficient (Wildman–Crippen LogP) is 5.07. The first-order valence-corrected chi connectivity index (χ1v) is 12.7. The minimum atomic E-state index is -0.405. The number of fused-ring (bicyclic) bond motifs is 2. The Morgan fingerprint density at radius 2 is 1.87 bits per heavy atom. The number of hydroxylamine groups is 1. The highest BCUT2D eigenvalue weighted by Crippen LogP contribution is 2.37. The molecule has 39 heavy (non-hydrogen) atoms. The standard InChI is InChI=1S/C28H32N4O7/c1-16(2)31-27(34)26-17(3)38-22-12-18(9-10-19(22)26)39-28-20-13-24(23(36-4)14-21(20)29-15-30-28)37-11-7-5-6-8-25(33)32-35/h9-10,12-16,35H,5-8,11H2,1-4H3,(H,31,34)(H,32,33). The van der Waals surface area contributed by atoms with Crippen molar-refractivity contribution < 1.29 is 33.4 Å². The monoisotopic (exact) mass is 536 g/mol. The van der Waals surface area contributed by atoms with Gasteiger partial charge in [0.25, 0.3) is 5.91 Å². The number of nitrogens with zero attached hydrogens (tertiary/aromatic N) is 2. The van der Waals surface area contributed by atoms with Gasteiger partial charge in [-0.25, -0.2) is 15.4 Å². The van der Waals surface area contributed by atoms with Crippen LogP contribution in [0.3, 0.4) is 0 Å². The maximum absolute atomic E-state index is 12.7. The lowest BCUT2D eigenvalue weighted by molar-refractivity contribution is -0.129. The minimum absolute atomic E-state index is 0.00286. The van der Waals surface area contributed by atoms with Crippen LogP contribution in [0.2, 0.25) is 0 Å². The van der Waals surface area contributed by atoms with Crippen molar-refractivity contribution in [3.8, 4) is 23.1 Å². The van der Waals surface area contributed by atoms with Crippen LogP contribution in [0, 0.1) is 6.92 Å². The molecule has 0 atom stereocenters. The summed E-state index contributed by atoms with van der Waals surface area (Å²) in [5.74, 6) is 1.77. The summed E-state index contributed by atoms with van der Waals surface area (Å²) in [5, 5.41) is 12.8. The number of aromatic nitrogens is 2. The van der Waals surface area contributed by atoms with E-state index in [0.717, 1.165) is 6.42 Å². The SMILES string of the molecule is COc1cc2ncnc(Oc3ccc4c(C(=O)NC(C)C)c(C)oc4c3)c2cc1OCCCCCC(=O)NO. The summed E-state index contributed by atoms with van der Waals surface area (Å²) in [6.07, 6.45) is 3.78. The molecule has 0 bridgehead atoms. The van der Waals surface area contributed by atoms with E-state index >= 15 is 0 Å². The highest BCUT2D eigenvalue weighted by atomic mass is 16.5. The molecular formula is C28H32N4O7. The number of carbonyl (C=O) groups is 2. The molecule has 0 saturated carbocycles. The molecule has 0 saturated heterocycles. The number of carbonyl (C=O) groups excluding carboxylic acids is 2. The molecule has 206 valence electrons. The number of ether oxygens (including phenoxy) is 3. The van der Waals surface area contributed by atoms with Gasteiger partial charge in [0.1, 0.15) is 23.4 Å². The fraction of sp³-hybridized carbons (Fsp3) is 0.357. The lowest BCUT2D eigenvalue weighted by atomic mass is 10.1. The molecule has 2 heterocycles. The largest absolute Gasteiger partial charge is 0.493 e. The number of unbranched alkanes of at least 4 members (excludes halogenated alkanes) is 2. The Labute approximate surface area is 225 Å². The van der Waals surface area contributed by atoms with Gasteiger partial charge in [0, 0.05) is 30.0 Å². The average Bonchev–Trinajstić information content (AvgIpc) is 3.24. The second kappa shape index (κ2) is 12.4. The van der Waals surface area contributed by atoms with Crippen LogP contribution < -0.4 is 25.0 Å². The minimum Gasteiger partial charge on any atom is -0.493 e. The van der Waals surface area contributed by atoms with Gasteiger partial charge in [0.15, 0.2) is 11.5 Å². The van der Waals surface area contributed by atoms with Crippen molar-refractivity contribution in [1.29, 1.82) is 0 Å². The number of benzene rings is 2. The first kappa shape index (κ1) is 27.6. The summed E-state index contributed by atoms with van der Waals surface area (Å²) in [6, 6.07) is 8.80. The highest BCUT2D eigenvalue weighted by Gasteiger charge is 2.20. The van der Waals surface area contributed by atoms with Crippen molar-refractivity contribution in [2.24, 2.45) is 0 Å². The number of nitrogens with one attached hydrogen (secondary N) is 2. The third-order valence-corrected chi connectivity index (χ3v) is 6.01. The number of methoxy groups -OCH3 is 1. The lowest BCUT2D eigenvalue weighted by Crippen LogP contribution is -2.30. The summed E-state index contributed by atoms with van der Waals surface area (Å²) in [4.78, 5) is 32.4. The van der Waals surface area contributed by atoms with Gasteiger partial charge in [0.2, 0.25) is 11.8 Å². The van der Waals surface area contributed by atoms with Gasteiger partial charge in [0.05, 0.1) is 30.2 Å². The van der Waals surface area contributed by atoms with E-state index in [2.05, 4.69) is 15.3 Å². The lowest BCUT2D eigenvalue weighted by Gasteiger charge is -2.13. The molecule has 2 amide bonds. The molecule has 2 aromatic carbocycles. The molecule has 0 radical (unpaired) electrons. The molecule has 0 unspecified atom stereocenters. The van der Waals surface area contributed by atoms with Crippen LogP contribution in [-0.2, 0) is 4.79 Å². The number of amides is 2. The third-order valence-electron chi connectivity index (χ3n) is 6.01. The fourth-order valence-corrected chi connectivity index (χ4v) is 4.19. The molecule has 3 N–H and O–H groups in total. The van der Waals surface area contributed by atoms with Gasteiger partial charge in [-0.3, -0.25) is 14.8 Å². The molecule has 11 heteroatoms. The summed E-state index contributed by atoms with van der Waals surface area (Å²) < 4.78 is 23.4. The van der Waals surface area contributed by atoms with Gasteiger partial charge in [-0.2, -0.15) is 0 Å². The van der Waals surface area contributed by atoms with Gasteiger partial charge < -0.3 is 23.9 Å². The highest BCUT2D eigenvalue weighted by molar-refractivity contribution is 6.07. The van der Waals surface area contributed by atoms with Crippen molar-refractivity contribution in [2.45, 2.75) is 52.5 Å². The zero-order valence-corrected chi connectivity index (χ0v) is 22.4. The van der Waals surface area contributed by atoms with Gasteiger partial charge in [-0.05, 0) is 58.2 Å². The van der Waals surface area contributed by atoms with Crippen LogP contribution in [0.15, 0.2) is 41.1 Å². The van der Waals surface area contributed by atoms with E-state index in [4.69, 9.17) is 23.8 Å². The molecule has 0 aliphatic heterocycles. The molecule has 4 rings (SSSR count). The first-order chi connectivity index (χ1) is 18.8. The van der Waals surface area contributed by atoms with Crippen LogP contribution >= 0.6 is 0 Å². The second-order valence-corrected chi connectivity index (χ2v) is 9.31. The molecule has 2 aromatic heterocycles. The van der Waals surface area contributed by atoms with Crippen molar-refractivity contribution in [3.63, 3.8) is 0 Å². The van der Waals surface area contributed by atoms with Crippen molar-refractivity contribution >= 4 is 33.7 Å². The van der Waals surface area contributed by atoms with E-state index in [1.807, 2.05) is 13.8 Å². The maximum Gasteiger partial charge on any atom is 0.255 e. The number of rotatable bonds is 12. The Hall–Kier alpha value is -4.38. The summed E-state index contributed by atoms with van der Waals surface area (Å²) >= 11 is 0. The van der Waals surface area contributed by atoms with Gasteiger partial charge >= 0.3 is 0 Å². The average molecular weight is 537 g/mol. The second-order valence-electron chi connectivity index (χ2n) is 9.31. The zero-order valence-electron chi connectivity index (χ0n) is 22.4. The Morgan fingerprint density at radius 1 is 1.05 bits per heavy atom. The van der Waals surface area contributed by atoms with Crippen LogP contribution in [0.5, 0.6) is 23.1 Å². The smallest absolute Gasteiger partial charge is 0.255 e. The van der Waals surface area contributed by atoms with E-state index in [9.17, 15) is 9.59 Å². The van der Waals surface area contributed by atoms with Crippen LogP contribution in [0.25, 0.3) is 21.9 Å². The van der Waals surface area contributed by atoms with E-state index in [1.54, 1.807) is 49.8 Å². The molecule has 11 nitrogen and oxygen atoms in total. The van der Waals surface area contributed by atoms with Crippen molar-refractivity contribution in [3.05, 3.63) is 48.0 Å². The predicted molar refractivity (Wildman–Crippen MR) is 144 cm³/mol. The normalized spacial score (nSPS) is 11.1. The van der Waals surface area contributed by atoms with Gasteiger partial charge in [-0.15, -0.1) is 0 Å². The Bertz CT molecular complexity index is 1480. The molecule has 4 aromatic rings. The Morgan fingerprint density at radius 3 is 2.62 bits per heavy atom. The first-order valence-electron chi connectivity index (χ1n) is 12.7. The third kappa shape index (κ3) is 6.55. The van der Waals surface area contributed by atoms with E-state index in [1.165, 1.54) is 6.33 Å². The van der Waals surface area contributed by atoms with Crippen LogP contribution in [0.4, 0.5) is 0 Å². The number of furan rings is 1. The molecular weight excluding hydrogens is 504 g/mol. The summed E-state index contributed by atoms with van der Waals surface area (Å²) in [6.45, 7) is 5.98. The number of hydrogen-bond acceptors (Lipinski definition) is 9. The van der Waals surface area contributed by atoms with E-state index < -0.39 is 5.91 Å². The summed E-state index contributed by atoms with van der Waals surface area (Å²) in [5.41, 5.74) is 3.27. The van der Waals surface area contributed by atoms with Gasteiger partial charge in [-0.1, -0.05) is 0 Å². The zero-order chi connectivity index (χ0) is 27.9. The summed E-state index contributed by atoms with van der Waals surface area (Å²) in [7, 11) is 1.55. The van der Waals surface area contributed by atoms with Crippen molar-refractivity contribution in [1.82, 2.24) is 20.8 Å². The quantitative estimate of drug-likeness (QED) is 0.128. The topological polar surface area (TPSA) is 145 Å². The molecule has 0 aliphatic rings. The molecule has 0 spiro atoms. The Kier molecular flexibility index (Phi) is 8.82.